The summed E-state index contributed by atoms with van der Waals surface area (Å²) in [6.45, 7) is 2.18. The van der Waals surface area contributed by atoms with E-state index < -0.39 is 11.5 Å². The number of benzene rings is 1. The highest BCUT2D eigenvalue weighted by atomic mass is 16.5. The monoisotopic (exact) mass is 431 g/mol. The Morgan fingerprint density at radius 2 is 1.97 bits per heavy atom. The maximum atomic E-state index is 13.0. The molecule has 1 aromatic carbocycles. The van der Waals surface area contributed by atoms with Crippen molar-refractivity contribution in [2.75, 3.05) is 47.5 Å². The van der Waals surface area contributed by atoms with Gasteiger partial charge in [-0.1, -0.05) is 12.1 Å². The fraction of sp³-hybridized carbons (Fsp3) is 0.609. The van der Waals surface area contributed by atoms with E-state index in [0.717, 1.165) is 17.7 Å². The molecule has 1 unspecified atom stereocenters. The van der Waals surface area contributed by atoms with Gasteiger partial charge >= 0.3 is 0 Å². The van der Waals surface area contributed by atoms with Gasteiger partial charge in [0.1, 0.15) is 11.8 Å². The summed E-state index contributed by atoms with van der Waals surface area (Å²) >= 11 is 0. The van der Waals surface area contributed by atoms with Crippen LogP contribution in [0.25, 0.3) is 0 Å². The Morgan fingerprint density at radius 1 is 1.23 bits per heavy atom. The molecule has 31 heavy (non-hydrogen) atoms. The lowest BCUT2D eigenvalue weighted by Crippen LogP contribution is -2.46. The van der Waals surface area contributed by atoms with Gasteiger partial charge in [0.15, 0.2) is 0 Å². The van der Waals surface area contributed by atoms with Crippen LogP contribution >= 0.6 is 0 Å². The number of carbonyl (C=O) groups is 3. The first-order valence-electron chi connectivity index (χ1n) is 10.8. The highest BCUT2D eigenvalue weighted by Gasteiger charge is 2.53. The Morgan fingerprint density at radius 3 is 2.65 bits per heavy atom. The van der Waals surface area contributed by atoms with E-state index in [1.807, 2.05) is 29.2 Å². The van der Waals surface area contributed by atoms with Crippen LogP contribution in [0.1, 0.15) is 31.2 Å². The number of piperidine rings is 1. The normalized spacial score (nSPS) is 20.2. The predicted octanol–water partition coefficient (Wildman–Crippen LogP) is 1.23. The number of hydrogen-bond donors (Lipinski definition) is 1. The molecule has 8 nitrogen and oxygen atoms in total. The molecule has 8 heteroatoms. The number of rotatable bonds is 8. The Labute approximate surface area is 183 Å². The number of likely N-dealkylation sites (N-methyl/N-ethyl adjacent to an activating group) is 1. The maximum Gasteiger partial charge on any atom is 0.242 e. The molecule has 2 heterocycles. The van der Waals surface area contributed by atoms with Crippen molar-refractivity contribution in [3.63, 3.8) is 0 Å². The van der Waals surface area contributed by atoms with E-state index in [1.54, 1.807) is 26.2 Å². The van der Waals surface area contributed by atoms with Crippen LogP contribution in [0.2, 0.25) is 0 Å². The molecule has 3 rings (SSSR count). The molecule has 0 radical (unpaired) electrons. The molecule has 0 bridgehead atoms. The fourth-order valence-corrected chi connectivity index (χ4v) is 4.60. The van der Waals surface area contributed by atoms with Gasteiger partial charge in [-0.2, -0.15) is 0 Å². The molecule has 1 N–H and O–H groups in total. The number of methoxy groups -OCH3 is 2. The summed E-state index contributed by atoms with van der Waals surface area (Å²) in [6.07, 6.45) is 2.74. The second-order valence-electron chi connectivity index (χ2n) is 8.46. The van der Waals surface area contributed by atoms with Gasteiger partial charge in [0.25, 0.3) is 0 Å². The number of likely N-dealkylation sites (tertiary alicyclic amines) is 2. The van der Waals surface area contributed by atoms with Crippen molar-refractivity contribution < 1.29 is 23.9 Å². The first kappa shape index (κ1) is 23.1. The van der Waals surface area contributed by atoms with E-state index in [0.29, 0.717) is 51.9 Å². The molecular weight excluding hydrogens is 398 g/mol. The van der Waals surface area contributed by atoms with Crippen LogP contribution in [0.5, 0.6) is 5.75 Å². The van der Waals surface area contributed by atoms with Crippen molar-refractivity contribution >= 4 is 17.7 Å². The number of amides is 3. The zero-order valence-corrected chi connectivity index (χ0v) is 18.7. The lowest BCUT2D eigenvalue weighted by molar-refractivity contribution is -0.142. The second-order valence-corrected chi connectivity index (χ2v) is 8.46. The van der Waals surface area contributed by atoms with E-state index in [4.69, 9.17) is 9.47 Å². The third-order valence-corrected chi connectivity index (χ3v) is 6.52. The highest BCUT2D eigenvalue weighted by Crippen LogP contribution is 2.44. The van der Waals surface area contributed by atoms with Gasteiger partial charge in [0.2, 0.25) is 17.7 Å². The van der Waals surface area contributed by atoms with Crippen molar-refractivity contribution in [1.82, 2.24) is 15.1 Å². The van der Waals surface area contributed by atoms with Gasteiger partial charge in [0.05, 0.1) is 18.9 Å². The van der Waals surface area contributed by atoms with Crippen molar-refractivity contribution in [3.05, 3.63) is 29.8 Å². The first-order valence-corrected chi connectivity index (χ1v) is 10.8. The van der Waals surface area contributed by atoms with Gasteiger partial charge in [0, 0.05) is 40.4 Å². The van der Waals surface area contributed by atoms with Crippen LogP contribution in [0.3, 0.4) is 0 Å². The third-order valence-electron chi connectivity index (χ3n) is 6.52. The summed E-state index contributed by atoms with van der Waals surface area (Å²) in [5.41, 5.74) is 0.363. The Kier molecular flexibility index (Phi) is 7.54. The SMILES string of the molecule is COCCCNC(=O)C1CC2(CCN(C(=O)Cc3cccc(OC)c3)CC2)C(=O)N1C. The molecule has 1 spiro atoms. The summed E-state index contributed by atoms with van der Waals surface area (Å²) in [6, 6.07) is 7.06. The van der Waals surface area contributed by atoms with E-state index in [9.17, 15) is 14.4 Å². The molecule has 170 valence electrons. The van der Waals surface area contributed by atoms with Crippen LogP contribution < -0.4 is 10.1 Å². The van der Waals surface area contributed by atoms with Crippen LogP contribution in [0.4, 0.5) is 0 Å². The Balaban J connectivity index is 1.55. The summed E-state index contributed by atoms with van der Waals surface area (Å²) in [5, 5.41) is 2.91. The van der Waals surface area contributed by atoms with Gasteiger partial charge < -0.3 is 24.6 Å². The number of nitrogens with one attached hydrogen (secondary N) is 1. The molecule has 0 saturated carbocycles. The molecule has 1 aromatic rings. The number of hydrogen-bond acceptors (Lipinski definition) is 5. The quantitative estimate of drug-likeness (QED) is 0.626. The topological polar surface area (TPSA) is 88.2 Å². The van der Waals surface area contributed by atoms with E-state index in [2.05, 4.69) is 5.32 Å². The minimum Gasteiger partial charge on any atom is -0.497 e. The van der Waals surface area contributed by atoms with Crippen LogP contribution in [-0.4, -0.2) is 81.1 Å². The van der Waals surface area contributed by atoms with Crippen molar-refractivity contribution in [2.45, 2.75) is 38.1 Å². The zero-order chi connectivity index (χ0) is 22.4. The smallest absolute Gasteiger partial charge is 0.242 e. The third kappa shape index (κ3) is 5.18. The van der Waals surface area contributed by atoms with Gasteiger partial charge in [-0.25, -0.2) is 0 Å². The molecule has 3 amide bonds. The average Bonchev–Trinajstić information content (AvgIpc) is 3.02. The maximum absolute atomic E-state index is 13.0. The largest absolute Gasteiger partial charge is 0.497 e. The number of ether oxygens (including phenoxy) is 2. The van der Waals surface area contributed by atoms with Gasteiger partial charge in [-0.15, -0.1) is 0 Å². The fourth-order valence-electron chi connectivity index (χ4n) is 4.60. The van der Waals surface area contributed by atoms with Crippen molar-refractivity contribution in [2.24, 2.45) is 5.41 Å². The van der Waals surface area contributed by atoms with Crippen molar-refractivity contribution in [3.8, 4) is 5.75 Å². The molecule has 2 aliphatic rings. The average molecular weight is 432 g/mol. The number of carbonyl (C=O) groups excluding carboxylic acids is 3. The van der Waals surface area contributed by atoms with Gasteiger partial charge in [-0.05, 0) is 43.4 Å². The predicted molar refractivity (Wildman–Crippen MR) is 116 cm³/mol. The lowest BCUT2D eigenvalue weighted by Gasteiger charge is -2.37. The summed E-state index contributed by atoms with van der Waals surface area (Å²) in [5.74, 6) is 0.688. The molecule has 2 aliphatic heterocycles. The van der Waals surface area contributed by atoms with E-state index in [1.165, 1.54) is 0 Å². The molecule has 0 aromatic heterocycles. The second kappa shape index (κ2) is 10.1. The van der Waals surface area contributed by atoms with E-state index in [-0.39, 0.29) is 17.7 Å². The zero-order valence-electron chi connectivity index (χ0n) is 18.7. The summed E-state index contributed by atoms with van der Waals surface area (Å²) in [4.78, 5) is 41.8. The molecule has 0 aliphatic carbocycles. The summed E-state index contributed by atoms with van der Waals surface area (Å²) < 4.78 is 10.2. The van der Waals surface area contributed by atoms with Crippen molar-refractivity contribution in [1.29, 1.82) is 0 Å². The van der Waals surface area contributed by atoms with Crippen LogP contribution in [0.15, 0.2) is 24.3 Å². The Bertz CT molecular complexity index is 804. The minimum absolute atomic E-state index is 0.0180. The van der Waals surface area contributed by atoms with Crippen LogP contribution in [0, 0.1) is 5.41 Å². The molecule has 1 atom stereocenters. The van der Waals surface area contributed by atoms with Crippen LogP contribution in [-0.2, 0) is 25.5 Å². The minimum atomic E-state index is -0.546. The lowest BCUT2D eigenvalue weighted by atomic mass is 9.76. The molecular formula is C23H33N3O5. The van der Waals surface area contributed by atoms with E-state index >= 15 is 0 Å². The standard InChI is InChI=1S/C23H33N3O5/c1-25-19(21(28)24-10-5-13-30-2)16-23(22(25)29)8-11-26(12-9-23)20(27)15-17-6-4-7-18(14-17)31-3/h4,6-7,14,19H,5,8-13,15-16H2,1-3H3,(H,24,28). The molecule has 2 saturated heterocycles. The highest BCUT2D eigenvalue weighted by molar-refractivity contribution is 5.94. The van der Waals surface area contributed by atoms with Gasteiger partial charge in [-0.3, -0.25) is 14.4 Å². The molecule has 2 fully saturated rings. The first-order chi connectivity index (χ1) is 14.9. The number of nitrogens with zero attached hydrogens (tertiary/aromatic N) is 2. The Hall–Kier alpha value is -2.61. The summed E-state index contributed by atoms with van der Waals surface area (Å²) in [7, 11) is 4.94.